The maximum absolute atomic E-state index is 12.7. The van der Waals surface area contributed by atoms with Crippen LogP contribution in [0.15, 0.2) is 30.5 Å². The second-order valence-corrected chi connectivity index (χ2v) is 17.5. The van der Waals surface area contributed by atoms with Crippen molar-refractivity contribution in [3.8, 4) is 0 Å². The van der Waals surface area contributed by atoms with Crippen LogP contribution < -0.4 is 16.0 Å². The fraction of sp³-hybridized carbons (Fsp3) is 0.714. The van der Waals surface area contributed by atoms with Gasteiger partial charge in [0.1, 0.15) is 12.2 Å². The van der Waals surface area contributed by atoms with E-state index in [2.05, 4.69) is 41.7 Å². The lowest BCUT2D eigenvalue weighted by molar-refractivity contribution is -0.220. The molecule has 4 unspecified atom stereocenters. The Morgan fingerprint density at radius 2 is 1.71 bits per heavy atom. The first-order chi connectivity index (χ1) is 24.8. The molecule has 4 saturated carbocycles. The summed E-state index contributed by atoms with van der Waals surface area (Å²) < 4.78 is 12.6. The van der Waals surface area contributed by atoms with Crippen LogP contribution in [0.5, 0.6) is 0 Å². The lowest BCUT2D eigenvalue weighted by atomic mass is 9.43. The van der Waals surface area contributed by atoms with E-state index in [1.165, 1.54) is 6.92 Å². The topological polar surface area (TPSA) is 119 Å². The molecule has 1 aromatic heterocycles. The molecule has 2 aromatic rings. The number of rotatable bonds is 13. The van der Waals surface area contributed by atoms with Crippen LogP contribution in [-0.2, 0) is 23.9 Å². The van der Waals surface area contributed by atoms with E-state index in [1.807, 2.05) is 30.5 Å². The molecule has 4 fully saturated rings. The number of benzene rings is 1. The standard InChI is InChI=1S/C42H61ClN4O5/c1-25(9-7-17-44-18-8-19-45-36-15-20-46-37-23-30(43)10-11-32(36)37)33-12-13-34-40-35(24-39(42(33,34)6)52-28(4)50)41(5)16-14-31(47-26(2)48)21-29(41)22-38(40)51-27(3)49/h10-11,15,20,23,25,29,31,33-35,38-40,44H,7-9,12-14,16-19,21-22,24H2,1-6H3,(H,45,46)(H,47,48)/t25?,29-,31+,33+,34?,35?,38+,39-,40?,41-,42+/m0/s1. The molecule has 4 aliphatic carbocycles. The van der Waals surface area contributed by atoms with Crippen LogP contribution in [0.3, 0.4) is 0 Å². The number of esters is 2. The Kier molecular flexibility index (Phi) is 12.1. The molecule has 1 aromatic carbocycles. The van der Waals surface area contributed by atoms with Crippen LogP contribution in [0.1, 0.15) is 106 Å². The molecule has 0 spiro atoms. The van der Waals surface area contributed by atoms with E-state index in [0.29, 0.717) is 34.6 Å². The summed E-state index contributed by atoms with van der Waals surface area (Å²) in [5, 5.41) is 12.2. The van der Waals surface area contributed by atoms with Crippen LogP contribution in [-0.4, -0.2) is 60.7 Å². The molecule has 0 saturated heterocycles. The number of nitrogens with one attached hydrogen (secondary N) is 3. The lowest BCUT2D eigenvalue weighted by Gasteiger charge is -2.64. The van der Waals surface area contributed by atoms with Crippen molar-refractivity contribution in [2.75, 3.05) is 25.0 Å². The van der Waals surface area contributed by atoms with Gasteiger partial charge in [-0.2, -0.15) is 0 Å². The van der Waals surface area contributed by atoms with Gasteiger partial charge in [0.2, 0.25) is 5.91 Å². The van der Waals surface area contributed by atoms with Crippen molar-refractivity contribution in [1.82, 2.24) is 15.6 Å². The monoisotopic (exact) mass is 736 g/mol. The predicted molar refractivity (Wildman–Crippen MR) is 206 cm³/mol. The molecule has 9 nitrogen and oxygen atoms in total. The fourth-order valence-corrected chi connectivity index (χ4v) is 12.0. The van der Waals surface area contributed by atoms with Gasteiger partial charge < -0.3 is 25.4 Å². The highest BCUT2D eigenvalue weighted by atomic mass is 35.5. The molecule has 3 N–H and O–H groups in total. The molecular formula is C42H61ClN4O5. The molecule has 1 heterocycles. The summed E-state index contributed by atoms with van der Waals surface area (Å²) in [5.41, 5.74) is 1.84. The quantitative estimate of drug-likeness (QED) is 0.140. The van der Waals surface area contributed by atoms with Crippen LogP contribution >= 0.6 is 11.6 Å². The second kappa shape index (κ2) is 16.2. The summed E-state index contributed by atoms with van der Waals surface area (Å²) in [6.45, 7) is 14.7. The normalized spacial score (nSPS) is 34.4. The molecule has 0 radical (unpaired) electrons. The van der Waals surface area contributed by atoms with Gasteiger partial charge in [0.25, 0.3) is 0 Å². The molecule has 52 heavy (non-hydrogen) atoms. The number of aromatic nitrogens is 1. The summed E-state index contributed by atoms with van der Waals surface area (Å²) in [5.74, 6) is 1.69. The summed E-state index contributed by atoms with van der Waals surface area (Å²) >= 11 is 6.15. The van der Waals surface area contributed by atoms with Crippen molar-refractivity contribution in [2.45, 2.75) is 124 Å². The van der Waals surface area contributed by atoms with E-state index < -0.39 is 0 Å². The largest absolute Gasteiger partial charge is 0.462 e. The number of anilines is 1. The van der Waals surface area contributed by atoms with Crippen LogP contribution in [0, 0.1) is 46.3 Å². The highest BCUT2D eigenvalue weighted by Gasteiger charge is 2.67. The van der Waals surface area contributed by atoms with Gasteiger partial charge in [-0.05, 0) is 137 Å². The zero-order valence-corrected chi connectivity index (χ0v) is 32.9. The van der Waals surface area contributed by atoms with E-state index >= 15 is 0 Å². The van der Waals surface area contributed by atoms with Gasteiger partial charge >= 0.3 is 11.9 Å². The SMILES string of the molecule is CC(=O)N[C@@H]1CC[C@]2(C)C3C[C@H](OC(C)=O)[C@@]4(C)C(CC[C@@H]4C(C)CCCNCCCNc4ccnc5cc(Cl)ccc45)C3[C@H](OC(C)=O)C[C@@H]2C1. The van der Waals surface area contributed by atoms with Gasteiger partial charge in [0.15, 0.2) is 0 Å². The maximum atomic E-state index is 12.7. The van der Waals surface area contributed by atoms with E-state index in [1.54, 1.807) is 13.8 Å². The van der Waals surface area contributed by atoms with Crippen LogP contribution in [0.4, 0.5) is 5.69 Å². The van der Waals surface area contributed by atoms with Gasteiger partial charge in [-0.3, -0.25) is 19.4 Å². The van der Waals surface area contributed by atoms with E-state index in [-0.39, 0.29) is 52.8 Å². The Hall–Kier alpha value is -2.91. The van der Waals surface area contributed by atoms with Crippen molar-refractivity contribution >= 4 is 46.0 Å². The maximum Gasteiger partial charge on any atom is 0.302 e. The van der Waals surface area contributed by atoms with E-state index in [4.69, 9.17) is 21.1 Å². The van der Waals surface area contributed by atoms with Crippen LogP contribution in [0.25, 0.3) is 10.9 Å². The Morgan fingerprint density at radius 3 is 2.46 bits per heavy atom. The molecule has 10 heteroatoms. The number of pyridine rings is 1. The minimum atomic E-state index is -0.215. The molecule has 0 bridgehead atoms. The highest BCUT2D eigenvalue weighted by Crippen LogP contribution is 2.69. The van der Waals surface area contributed by atoms with E-state index in [0.717, 1.165) is 100 Å². The number of carbonyl (C=O) groups excluding carboxylic acids is 3. The zero-order valence-electron chi connectivity index (χ0n) is 32.1. The Bertz CT molecular complexity index is 1610. The molecule has 4 aliphatic rings. The highest BCUT2D eigenvalue weighted by molar-refractivity contribution is 6.31. The van der Waals surface area contributed by atoms with Gasteiger partial charge in [0.05, 0.1) is 5.52 Å². The Balaban J connectivity index is 1.07. The Morgan fingerprint density at radius 1 is 0.942 bits per heavy atom. The molecule has 1 amide bonds. The molecular weight excluding hydrogens is 676 g/mol. The zero-order chi connectivity index (χ0) is 37.2. The molecule has 6 rings (SSSR count). The summed E-state index contributed by atoms with van der Waals surface area (Å²) in [6.07, 6.45) is 11.4. The number of hydrogen-bond donors (Lipinski definition) is 3. The van der Waals surface area contributed by atoms with Crippen molar-refractivity contribution < 1.29 is 23.9 Å². The number of amides is 1. The molecule has 286 valence electrons. The number of carbonyl (C=O) groups is 3. The average molecular weight is 737 g/mol. The fourth-order valence-electron chi connectivity index (χ4n) is 11.8. The summed E-state index contributed by atoms with van der Waals surface area (Å²) in [6, 6.07) is 7.98. The third-order valence-corrected chi connectivity index (χ3v) is 14.3. The lowest BCUT2D eigenvalue weighted by Crippen LogP contribution is -2.64. The number of ether oxygens (including phenoxy) is 2. The smallest absolute Gasteiger partial charge is 0.302 e. The first kappa shape index (κ1) is 38.8. The number of fused-ring (bicyclic) bond motifs is 6. The first-order valence-electron chi connectivity index (χ1n) is 19.9. The minimum absolute atomic E-state index is 0.0129. The van der Waals surface area contributed by atoms with E-state index in [9.17, 15) is 14.4 Å². The Labute approximate surface area is 315 Å². The molecule has 11 atom stereocenters. The third kappa shape index (κ3) is 7.96. The van der Waals surface area contributed by atoms with Gasteiger partial charge in [-0.15, -0.1) is 0 Å². The number of nitrogens with zero attached hydrogens (tertiary/aromatic N) is 1. The second-order valence-electron chi connectivity index (χ2n) is 17.1. The van der Waals surface area contributed by atoms with Crippen molar-refractivity contribution in [2.24, 2.45) is 46.3 Å². The summed E-state index contributed by atoms with van der Waals surface area (Å²) in [7, 11) is 0. The average Bonchev–Trinajstić information content (AvgIpc) is 3.44. The number of halogens is 1. The minimum Gasteiger partial charge on any atom is -0.462 e. The van der Waals surface area contributed by atoms with Gasteiger partial charge in [-0.1, -0.05) is 32.4 Å². The third-order valence-electron chi connectivity index (χ3n) is 14.1. The number of hydrogen-bond acceptors (Lipinski definition) is 8. The first-order valence-corrected chi connectivity index (χ1v) is 20.3. The van der Waals surface area contributed by atoms with Crippen molar-refractivity contribution in [3.63, 3.8) is 0 Å². The predicted octanol–water partition coefficient (Wildman–Crippen LogP) is 7.94. The van der Waals surface area contributed by atoms with Crippen molar-refractivity contribution in [3.05, 3.63) is 35.5 Å². The van der Waals surface area contributed by atoms with Gasteiger partial charge in [0, 0.05) is 67.0 Å². The van der Waals surface area contributed by atoms with Gasteiger partial charge in [-0.25, -0.2) is 0 Å². The van der Waals surface area contributed by atoms with Crippen LogP contribution in [0.2, 0.25) is 5.02 Å². The molecule has 0 aliphatic heterocycles. The summed E-state index contributed by atoms with van der Waals surface area (Å²) in [4.78, 5) is 41.7. The van der Waals surface area contributed by atoms with Crippen molar-refractivity contribution in [1.29, 1.82) is 0 Å².